The molecule has 17 heavy (non-hydrogen) atoms. The van der Waals surface area contributed by atoms with E-state index in [0.717, 1.165) is 0 Å². The van der Waals surface area contributed by atoms with Crippen molar-refractivity contribution in [3.63, 3.8) is 0 Å². The van der Waals surface area contributed by atoms with Crippen molar-refractivity contribution in [1.29, 1.82) is 0 Å². The summed E-state index contributed by atoms with van der Waals surface area (Å²) in [6.07, 6.45) is 0.214. The Balaban J connectivity index is 2.44. The van der Waals surface area contributed by atoms with E-state index in [0.29, 0.717) is 26.1 Å². The lowest BCUT2D eigenvalue weighted by molar-refractivity contribution is -0.137. The number of carbonyl (C=O) groups excluding carboxylic acids is 2. The Bertz CT molecular complexity index is 319. The topological polar surface area (TPSA) is 90.0 Å². The Morgan fingerprint density at radius 3 is 2.82 bits per heavy atom. The molecule has 96 valence electrons. The highest BCUT2D eigenvalue weighted by Crippen LogP contribution is 2.02. The maximum atomic E-state index is 11.9. The summed E-state index contributed by atoms with van der Waals surface area (Å²) < 4.78 is 0. The molecule has 1 rings (SSSR count). The number of carbonyl (C=O) groups is 3. The SMILES string of the molecule is CN(CCC(=O)O)C(=O)N1CCNC(=O)CC1. The van der Waals surface area contributed by atoms with Gasteiger partial charge in [-0.1, -0.05) is 0 Å². The van der Waals surface area contributed by atoms with Crippen molar-refractivity contribution >= 4 is 17.9 Å². The largest absolute Gasteiger partial charge is 0.481 e. The van der Waals surface area contributed by atoms with Gasteiger partial charge in [-0.25, -0.2) is 4.79 Å². The molecule has 1 aliphatic heterocycles. The van der Waals surface area contributed by atoms with Gasteiger partial charge in [-0.2, -0.15) is 0 Å². The fourth-order valence-corrected chi connectivity index (χ4v) is 1.56. The molecule has 3 amide bonds. The monoisotopic (exact) mass is 243 g/mol. The minimum absolute atomic E-state index is 0.0616. The average Bonchev–Trinajstić information content (AvgIpc) is 2.49. The molecule has 0 unspecified atom stereocenters. The molecule has 0 aliphatic carbocycles. The Morgan fingerprint density at radius 1 is 1.47 bits per heavy atom. The Labute approximate surface area is 99.4 Å². The number of hydrogen-bond donors (Lipinski definition) is 2. The highest BCUT2D eigenvalue weighted by atomic mass is 16.4. The lowest BCUT2D eigenvalue weighted by Crippen LogP contribution is -2.43. The predicted octanol–water partition coefficient (Wildman–Crippen LogP) is -0.665. The summed E-state index contributed by atoms with van der Waals surface area (Å²) in [5, 5.41) is 11.2. The number of hydrogen-bond acceptors (Lipinski definition) is 3. The van der Waals surface area contributed by atoms with Crippen molar-refractivity contribution in [1.82, 2.24) is 15.1 Å². The minimum atomic E-state index is -0.933. The van der Waals surface area contributed by atoms with Crippen LogP contribution in [0.2, 0.25) is 0 Å². The Hall–Kier alpha value is -1.79. The Morgan fingerprint density at radius 2 is 2.18 bits per heavy atom. The second kappa shape index (κ2) is 6.07. The van der Waals surface area contributed by atoms with E-state index in [2.05, 4.69) is 5.32 Å². The number of nitrogens with one attached hydrogen (secondary N) is 1. The molecule has 1 aliphatic rings. The van der Waals surface area contributed by atoms with Gasteiger partial charge in [-0.15, -0.1) is 0 Å². The maximum absolute atomic E-state index is 11.9. The molecule has 1 fully saturated rings. The van der Waals surface area contributed by atoms with Gasteiger partial charge in [0.1, 0.15) is 0 Å². The molecule has 1 saturated heterocycles. The number of carboxylic acid groups (broad SMARTS) is 1. The van der Waals surface area contributed by atoms with Crippen molar-refractivity contribution in [2.45, 2.75) is 12.8 Å². The zero-order valence-electron chi connectivity index (χ0n) is 9.81. The van der Waals surface area contributed by atoms with E-state index in [4.69, 9.17) is 5.11 Å². The summed E-state index contributed by atoms with van der Waals surface area (Å²) in [5.41, 5.74) is 0. The molecular weight excluding hydrogens is 226 g/mol. The van der Waals surface area contributed by atoms with Crippen LogP contribution in [0.15, 0.2) is 0 Å². The molecule has 0 radical (unpaired) electrons. The maximum Gasteiger partial charge on any atom is 0.319 e. The molecule has 0 bridgehead atoms. The molecule has 0 saturated carbocycles. The second-order valence-electron chi connectivity index (χ2n) is 3.93. The van der Waals surface area contributed by atoms with Crippen LogP contribution in [0, 0.1) is 0 Å². The van der Waals surface area contributed by atoms with Gasteiger partial charge < -0.3 is 20.2 Å². The summed E-state index contributed by atoms with van der Waals surface area (Å²) >= 11 is 0. The number of carboxylic acids is 1. The molecule has 7 nitrogen and oxygen atoms in total. The number of nitrogens with zero attached hydrogens (tertiary/aromatic N) is 2. The van der Waals surface area contributed by atoms with Gasteiger partial charge in [0.15, 0.2) is 0 Å². The highest BCUT2D eigenvalue weighted by molar-refractivity contribution is 5.79. The molecule has 7 heteroatoms. The van der Waals surface area contributed by atoms with Crippen LogP contribution in [-0.4, -0.2) is 66.0 Å². The first-order chi connectivity index (χ1) is 8.00. The third-order valence-electron chi connectivity index (χ3n) is 2.57. The lowest BCUT2D eigenvalue weighted by Gasteiger charge is -2.26. The van der Waals surface area contributed by atoms with E-state index < -0.39 is 5.97 Å². The molecule has 2 N–H and O–H groups in total. The predicted molar refractivity (Wildman–Crippen MR) is 59.5 cm³/mol. The fourth-order valence-electron chi connectivity index (χ4n) is 1.56. The number of amides is 3. The van der Waals surface area contributed by atoms with Crippen LogP contribution in [-0.2, 0) is 9.59 Å². The van der Waals surface area contributed by atoms with Crippen molar-refractivity contribution in [3.05, 3.63) is 0 Å². The normalized spacial score (nSPS) is 16.1. The third kappa shape index (κ3) is 4.29. The summed E-state index contributed by atoms with van der Waals surface area (Å²) in [5.74, 6) is -0.995. The van der Waals surface area contributed by atoms with E-state index in [-0.39, 0.29) is 24.9 Å². The molecule has 0 aromatic carbocycles. The summed E-state index contributed by atoms with van der Waals surface area (Å²) in [6.45, 7) is 1.45. The second-order valence-corrected chi connectivity index (χ2v) is 3.93. The number of aliphatic carboxylic acids is 1. The van der Waals surface area contributed by atoms with Crippen LogP contribution in [0.1, 0.15) is 12.8 Å². The first kappa shape index (κ1) is 13.3. The first-order valence-electron chi connectivity index (χ1n) is 5.49. The minimum Gasteiger partial charge on any atom is -0.481 e. The van der Waals surface area contributed by atoms with Crippen LogP contribution >= 0.6 is 0 Å². The third-order valence-corrected chi connectivity index (χ3v) is 2.57. The zero-order valence-corrected chi connectivity index (χ0v) is 9.81. The fraction of sp³-hybridized carbons (Fsp3) is 0.700. The lowest BCUT2D eigenvalue weighted by atomic mass is 10.4. The van der Waals surface area contributed by atoms with E-state index in [1.54, 1.807) is 11.9 Å². The molecule has 0 aromatic rings. The molecular formula is C10H17N3O4. The molecule has 0 aromatic heterocycles. The first-order valence-corrected chi connectivity index (χ1v) is 5.49. The van der Waals surface area contributed by atoms with Crippen LogP contribution in [0.25, 0.3) is 0 Å². The number of rotatable bonds is 3. The standard InChI is InChI=1S/C10H17N3O4/c1-12(5-3-9(15)16)10(17)13-6-2-8(14)11-4-7-13/h2-7H2,1H3,(H,11,14)(H,15,16). The summed E-state index contributed by atoms with van der Waals surface area (Å²) in [7, 11) is 1.56. The van der Waals surface area contributed by atoms with Crippen LogP contribution < -0.4 is 5.32 Å². The van der Waals surface area contributed by atoms with Gasteiger partial charge >= 0.3 is 12.0 Å². The van der Waals surface area contributed by atoms with Crippen molar-refractivity contribution in [2.75, 3.05) is 33.2 Å². The molecule has 0 spiro atoms. The van der Waals surface area contributed by atoms with Crippen LogP contribution in [0.3, 0.4) is 0 Å². The van der Waals surface area contributed by atoms with Crippen molar-refractivity contribution in [3.8, 4) is 0 Å². The number of urea groups is 1. The van der Waals surface area contributed by atoms with Gasteiger partial charge in [0, 0.05) is 39.6 Å². The van der Waals surface area contributed by atoms with Gasteiger partial charge in [0.25, 0.3) is 0 Å². The molecule has 0 atom stereocenters. The smallest absolute Gasteiger partial charge is 0.319 e. The van der Waals surface area contributed by atoms with E-state index >= 15 is 0 Å². The summed E-state index contributed by atoms with van der Waals surface area (Å²) in [4.78, 5) is 36.3. The van der Waals surface area contributed by atoms with Crippen LogP contribution in [0.4, 0.5) is 4.79 Å². The van der Waals surface area contributed by atoms with Gasteiger partial charge in [0.2, 0.25) is 5.91 Å². The van der Waals surface area contributed by atoms with E-state index in [1.807, 2.05) is 0 Å². The Kier molecular flexibility index (Phi) is 4.74. The van der Waals surface area contributed by atoms with Crippen LogP contribution in [0.5, 0.6) is 0 Å². The average molecular weight is 243 g/mol. The van der Waals surface area contributed by atoms with Gasteiger partial charge in [-0.05, 0) is 0 Å². The zero-order chi connectivity index (χ0) is 12.8. The molecule has 1 heterocycles. The van der Waals surface area contributed by atoms with E-state index in [1.165, 1.54) is 4.90 Å². The van der Waals surface area contributed by atoms with Crippen molar-refractivity contribution < 1.29 is 19.5 Å². The highest BCUT2D eigenvalue weighted by Gasteiger charge is 2.21. The van der Waals surface area contributed by atoms with Crippen molar-refractivity contribution in [2.24, 2.45) is 0 Å². The van der Waals surface area contributed by atoms with Gasteiger partial charge in [0.05, 0.1) is 6.42 Å². The summed E-state index contributed by atoms with van der Waals surface area (Å²) in [6, 6.07) is -0.234. The van der Waals surface area contributed by atoms with Gasteiger partial charge in [-0.3, -0.25) is 9.59 Å². The quantitative estimate of drug-likeness (QED) is 0.688. The van der Waals surface area contributed by atoms with E-state index in [9.17, 15) is 14.4 Å².